The molecule has 4 rings (SSSR count). The van der Waals surface area contributed by atoms with E-state index in [9.17, 15) is 39.6 Å². The number of aryl methyl sites for hydroxylation is 4. The SMILES string of the molecule is O=C([O-])CCn1c[n+](CCC(=O)[O-])c2ccccc21.O=C([O-])CCn1c[n+](CCC(=O)[O-])c2ccccc21.[Cu+2].[Cu+2].[O-][Cl+3]([O-])([O-])[O-].[O-][Cl+3]([O-])([O-])[O-].[OH3+].[OH3+]. The van der Waals surface area contributed by atoms with Gasteiger partial charge >= 0.3 is 34.1 Å². The van der Waals surface area contributed by atoms with Gasteiger partial charge in [0.2, 0.25) is 12.7 Å². The molecule has 2 radical (unpaired) electrons. The summed E-state index contributed by atoms with van der Waals surface area (Å²) in [4.78, 5) is 42.1. The Hall–Kier alpha value is -3.52. The molecule has 298 valence electrons. The molecule has 0 spiro atoms. The van der Waals surface area contributed by atoms with Crippen LogP contribution in [0.15, 0.2) is 61.2 Å². The predicted molar refractivity (Wildman–Crippen MR) is 133 cm³/mol. The van der Waals surface area contributed by atoms with Gasteiger partial charge in [0.05, 0.1) is 26.2 Å². The van der Waals surface area contributed by atoms with Gasteiger partial charge in [0.15, 0.2) is 22.1 Å². The van der Waals surface area contributed by atoms with Gasteiger partial charge in [-0.3, -0.25) is 0 Å². The number of rotatable bonds is 12. The summed E-state index contributed by atoms with van der Waals surface area (Å²) in [5.74, 6) is -4.45. The van der Waals surface area contributed by atoms with Crippen molar-refractivity contribution in [3.8, 4) is 0 Å². The van der Waals surface area contributed by atoms with E-state index in [4.69, 9.17) is 37.3 Å². The van der Waals surface area contributed by atoms with Crippen molar-refractivity contribution in [2.45, 2.75) is 51.9 Å². The number of imidazole rings is 2. The van der Waals surface area contributed by atoms with E-state index in [0.29, 0.717) is 26.2 Å². The number of aliphatic carboxylic acids is 4. The second-order valence-corrected chi connectivity index (χ2v) is 10.7. The molecule has 0 unspecified atom stereocenters. The predicted octanol–water partition coefficient (Wildman–Crippen LogP) is -14.9. The van der Waals surface area contributed by atoms with Crippen LogP contribution in [0.25, 0.3) is 22.1 Å². The van der Waals surface area contributed by atoms with Crippen molar-refractivity contribution in [2.24, 2.45) is 0 Å². The van der Waals surface area contributed by atoms with Crippen LogP contribution in [0.3, 0.4) is 0 Å². The van der Waals surface area contributed by atoms with Crippen molar-refractivity contribution in [2.75, 3.05) is 0 Å². The van der Waals surface area contributed by atoms with E-state index < -0.39 is 44.4 Å². The van der Waals surface area contributed by atoms with Crippen LogP contribution in [0.2, 0.25) is 0 Å². The fourth-order valence-corrected chi connectivity index (χ4v) is 4.04. The maximum Gasteiger partial charge on any atom is 2.00 e. The molecule has 4 aromatic rings. The molecule has 0 aliphatic heterocycles. The van der Waals surface area contributed by atoms with Crippen molar-refractivity contribution in [1.29, 1.82) is 0 Å². The van der Waals surface area contributed by atoms with Gasteiger partial charge in [-0.1, -0.05) is 24.3 Å². The second-order valence-electron chi connectivity index (χ2n) is 9.23. The molecule has 2 aromatic heterocycles. The summed E-state index contributed by atoms with van der Waals surface area (Å²) in [6.07, 6.45) is 3.10. The van der Waals surface area contributed by atoms with E-state index in [1.807, 2.05) is 48.5 Å². The number of carbonyl (C=O) groups is 4. The summed E-state index contributed by atoms with van der Waals surface area (Å²) in [5, 5.41) is 42.1. The van der Waals surface area contributed by atoms with Gasteiger partial charge in [-0.05, 0) is 24.3 Å². The first kappa shape index (κ1) is 55.2. The van der Waals surface area contributed by atoms with Gasteiger partial charge in [0.25, 0.3) is 0 Å². The monoisotopic (exact) mass is 884 g/mol. The maximum atomic E-state index is 10.5. The minimum absolute atomic E-state index is 0. The number of aromatic nitrogens is 4. The Morgan fingerprint density at radius 3 is 1.00 bits per heavy atom. The van der Waals surface area contributed by atoms with E-state index in [2.05, 4.69) is 0 Å². The zero-order valence-electron chi connectivity index (χ0n) is 26.3. The summed E-state index contributed by atoms with van der Waals surface area (Å²) >= 11 is 0. The van der Waals surface area contributed by atoms with E-state index in [1.54, 1.807) is 30.9 Å². The molecule has 0 bridgehead atoms. The van der Waals surface area contributed by atoms with E-state index in [0.717, 1.165) is 22.1 Å². The zero-order valence-corrected chi connectivity index (χ0v) is 29.7. The number of benzene rings is 2. The number of para-hydroxylation sites is 4. The molecule has 6 N–H and O–H groups in total. The normalized spacial score (nSPS) is 10.2. The Morgan fingerprint density at radius 2 is 0.750 bits per heavy atom. The van der Waals surface area contributed by atoms with Gasteiger partial charge in [-0.25, -0.2) is 55.5 Å². The third-order valence-electron chi connectivity index (χ3n) is 5.79. The molecule has 0 amide bonds. The molecule has 0 saturated heterocycles. The van der Waals surface area contributed by atoms with Crippen molar-refractivity contribution in [3.63, 3.8) is 0 Å². The van der Waals surface area contributed by atoms with Crippen molar-refractivity contribution >= 4 is 45.9 Å². The second kappa shape index (κ2) is 26.3. The molecule has 0 aliphatic rings. The van der Waals surface area contributed by atoms with E-state index in [-0.39, 0.29) is 70.8 Å². The average Bonchev–Trinajstić information content (AvgIpc) is 3.49. The smallest absolute Gasteiger partial charge is 0.550 e. The van der Waals surface area contributed by atoms with Gasteiger partial charge in [-0.15, -0.1) is 20.5 Å². The van der Waals surface area contributed by atoms with Crippen LogP contribution in [0, 0.1) is 20.5 Å². The molecule has 26 heteroatoms. The van der Waals surface area contributed by atoms with Crippen LogP contribution in [0.5, 0.6) is 0 Å². The average molecular weight is 887 g/mol. The number of fused-ring (bicyclic) bond motifs is 2. The number of nitrogens with zero attached hydrogens (tertiary/aromatic N) is 4. The summed E-state index contributed by atoms with van der Waals surface area (Å²) < 4.78 is 75.1. The number of carboxylic acid groups (broad SMARTS) is 4. The Kier molecular flexibility index (Phi) is 27.9. The fourth-order valence-electron chi connectivity index (χ4n) is 4.04. The summed E-state index contributed by atoms with van der Waals surface area (Å²) in [7, 11) is -9.89. The Balaban J connectivity index is -0.000000332. The first-order valence-corrected chi connectivity index (χ1v) is 15.6. The molecule has 0 atom stereocenters. The Bertz CT molecular complexity index is 1440. The maximum absolute atomic E-state index is 10.5. The van der Waals surface area contributed by atoms with Gasteiger partial charge in [-0.2, -0.15) is 0 Å². The van der Waals surface area contributed by atoms with Crippen molar-refractivity contribution < 1.29 is 152 Å². The topological polar surface area (TPSA) is 429 Å². The standard InChI is InChI=1S/2C13H14N2O4.2ClHO4.2Cu.2H2O/c2*16-12(17)5-7-14-9-15(8-6-13(18)19)11-4-2-1-3-10(11)14;2*2-1(3,4)5;;;;/h2*1-4,9H,5-8H2,(H-,16,17,18,19);2*(H,2,3,4,5);;;2*1H2/q;;;;2*+2;;/p-2. The molecule has 52 heavy (non-hydrogen) atoms. The first-order valence-electron chi connectivity index (χ1n) is 13.1. The zero-order chi connectivity index (χ0) is 36.7. The molecule has 0 fully saturated rings. The minimum Gasteiger partial charge on any atom is -0.550 e. The molecule has 22 nitrogen and oxygen atoms in total. The van der Waals surface area contributed by atoms with Crippen molar-refractivity contribution in [3.05, 3.63) is 61.2 Å². The minimum atomic E-state index is -4.94. The van der Waals surface area contributed by atoms with Crippen LogP contribution in [-0.4, -0.2) is 33.0 Å². The number of hydrogen-bond acceptors (Lipinski definition) is 16. The van der Waals surface area contributed by atoms with Crippen molar-refractivity contribution in [1.82, 2.24) is 9.13 Å². The molecule has 2 aromatic carbocycles. The van der Waals surface area contributed by atoms with Gasteiger partial charge in [0.1, 0.15) is 0 Å². The Labute approximate surface area is 318 Å². The molecule has 0 saturated carbocycles. The quantitative estimate of drug-likeness (QED) is 0.0724. The summed E-state index contributed by atoms with van der Waals surface area (Å²) in [6, 6.07) is 14.8. The fraction of sp³-hybridized carbons (Fsp3) is 0.308. The third-order valence-corrected chi connectivity index (χ3v) is 5.79. The largest absolute Gasteiger partial charge is 2.00 e. The van der Waals surface area contributed by atoms with Crippen LogP contribution in [0.4, 0.5) is 0 Å². The third kappa shape index (κ3) is 24.6. The van der Waals surface area contributed by atoms with Crippen LogP contribution in [0.1, 0.15) is 25.7 Å². The molecule has 2 heterocycles. The number of halogens is 2. The summed E-state index contributed by atoms with van der Waals surface area (Å²) in [6.45, 7) is 1.17. The molecular formula is C26H32Cl2Cu2N4O18+2. The Morgan fingerprint density at radius 1 is 0.500 bits per heavy atom. The summed E-state index contributed by atoms with van der Waals surface area (Å²) in [5.41, 5.74) is 3.45. The van der Waals surface area contributed by atoms with E-state index >= 15 is 0 Å². The van der Waals surface area contributed by atoms with Crippen LogP contribution >= 0.6 is 0 Å². The number of hydrogen-bond donors (Lipinski definition) is 0. The van der Waals surface area contributed by atoms with Gasteiger partial charge in [0, 0.05) is 49.6 Å². The van der Waals surface area contributed by atoms with Crippen LogP contribution < -0.4 is 66.8 Å². The van der Waals surface area contributed by atoms with Gasteiger partial charge < -0.3 is 50.6 Å². The number of carbonyl (C=O) groups excluding carboxylic acids is 4. The number of carboxylic acids is 4. The molecular weight excluding hydrogens is 854 g/mol. The van der Waals surface area contributed by atoms with E-state index in [1.165, 1.54) is 0 Å². The van der Waals surface area contributed by atoms with Crippen LogP contribution in [-0.2, 0) is 90.4 Å². The molecule has 0 aliphatic carbocycles. The first-order chi connectivity index (χ1) is 22.2.